The molecule has 0 saturated carbocycles. The van der Waals surface area contributed by atoms with Crippen molar-refractivity contribution in [3.63, 3.8) is 0 Å². The molecule has 1 N–H and O–H groups in total. The molecule has 26 heavy (non-hydrogen) atoms. The fraction of sp³-hybridized carbons (Fsp3) is 0.318. The molecule has 0 spiro atoms. The molecular formula is C22H26N2O2. The van der Waals surface area contributed by atoms with E-state index >= 15 is 0 Å². The minimum absolute atomic E-state index is 0.0645. The third-order valence-corrected chi connectivity index (χ3v) is 4.46. The average Bonchev–Trinajstić information content (AvgIpc) is 3.07. The standard InChI is InChI=1S/C22H26N2O2/c1-14(2)26-20-7-6-18(12-19(20)24-9-8-23-13-24)22(25)21-16(4)10-15(3)11-17(21)5/h6-14,22,25H,1-5H3. The molecule has 1 atom stereocenters. The molecule has 1 unspecified atom stereocenters. The molecule has 0 aliphatic carbocycles. The summed E-state index contributed by atoms with van der Waals surface area (Å²) in [5.74, 6) is 0.770. The van der Waals surface area contributed by atoms with Crippen LogP contribution in [0.3, 0.4) is 0 Å². The van der Waals surface area contributed by atoms with Crippen LogP contribution in [0.2, 0.25) is 0 Å². The second kappa shape index (κ2) is 7.34. The highest BCUT2D eigenvalue weighted by atomic mass is 16.5. The number of imidazole rings is 1. The summed E-state index contributed by atoms with van der Waals surface area (Å²) in [5.41, 5.74) is 6.07. The monoisotopic (exact) mass is 350 g/mol. The zero-order chi connectivity index (χ0) is 18.8. The molecule has 2 aromatic carbocycles. The molecule has 3 aromatic rings. The molecule has 0 radical (unpaired) electrons. The van der Waals surface area contributed by atoms with Crippen LogP contribution in [0.1, 0.15) is 47.8 Å². The highest BCUT2D eigenvalue weighted by Gasteiger charge is 2.18. The summed E-state index contributed by atoms with van der Waals surface area (Å²) < 4.78 is 7.85. The van der Waals surface area contributed by atoms with Crippen LogP contribution in [0.25, 0.3) is 5.69 Å². The molecule has 1 heterocycles. The van der Waals surface area contributed by atoms with Crippen molar-refractivity contribution in [1.82, 2.24) is 9.55 Å². The van der Waals surface area contributed by atoms with Crippen molar-refractivity contribution < 1.29 is 9.84 Å². The number of rotatable bonds is 5. The van der Waals surface area contributed by atoms with Crippen LogP contribution in [-0.4, -0.2) is 20.8 Å². The van der Waals surface area contributed by atoms with Gasteiger partial charge in [0.15, 0.2) is 0 Å². The number of aliphatic hydroxyl groups excluding tert-OH is 1. The first-order valence-electron chi connectivity index (χ1n) is 8.91. The molecule has 0 bridgehead atoms. The van der Waals surface area contributed by atoms with Gasteiger partial charge in [-0.3, -0.25) is 0 Å². The molecule has 4 heteroatoms. The fourth-order valence-electron chi connectivity index (χ4n) is 3.45. The van der Waals surface area contributed by atoms with E-state index in [1.54, 1.807) is 12.5 Å². The van der Waals surface area contributed by atoms with Crippen LogP contribution in [0.4, 0.5) is 0 Å². The second-order valence-corrected chi connectivity index (χ2v) is 7.08. The largest absolute Gasteiger partial charge is 0.489 e. The van der Waals surface area contributed by atoms with Gasteiger partial charge in [-0.25, -0.2) is 4.98 Å². The van der Waals surface area contributed by atoms with Gasteiger partial charge in [0.25, 0.3) is 0 Å². The minimum atomic E-state index is -0.689. The Hall–Kier alpha value is -2.59. The van der Waals surface area contributed by atoms with Crippen molar-refractivity contribution in [1.29, 1.82) is 0 Å². The topological polar surface area (TPSA) is 47.3 Å². The van der Waals surface area contributed by atoms with Gasteiger partial charge >= 0.3 is 0 Å². The van der Waals surface area contributed by atoms with Gasteiger partial charge in [0.05, 0.1) is 18.1 Å². The Morgan fingerprint density at radius 3 is 2.31 bits per heavy atom. The van der Waals surface area contributed by atoms with Crippen LogP contribution >= 0.6 is 0 Å². The Balaban J connectivity index is 2.07. The van der Waals surface area contributed by atoms with Gasteiger partial charge in [0.2, 0.25) is 0 Å². The summed E-state index contributed by atoms with van der Waals surface area (Å²) in [6.45, 7) is 10.2. The lowest BCUT2D eigenvalue weighted by Crippen LogP contribution is -2.10. The van der Waals surface area contributed by atoms with Crippen molar-refractivity contribution in [2.24, 2.45) is 0 Å². The summed E-state index contributed by atoms with van der Waals surface area (Å²) in [4.78, 5) is 4.13. The van der Waals surface area contributed by atoms with Crippen LogP contribution in [0.15, 0.2) is 49.1 Å². The maximum Gasteiger partial charge on any atom is 0.143 e. The van der Waals surface area contributed by atoms with Gasteiger partial charge in [0, 0.05) is 12.4 Å². The van der Waals surface area contributed by atoms with Crippen LogP contribution in [0, 0.1) is 20.8 Å². The molecule has 1 aromatic heterocycles. The Morgan fingerprint density at radius 1 is 1.04 bits per heavy atom. The first kappa shape index (κ1) is 18.2. The van der Waals surface area contributed by atoms with Crippen LogP contribution in [0.5, 0.6) is 5.75 Å². The van der Waals surface area contributed by atoms with E-state index in [4.69, 9.17) is 4.74 Å². The van der Waals surface area contributed by atoms with E-state index in [9.17, 15) is 5.11 Å². The van der Waals surface area contributed by atoms with Crippen molar-refractivity contribution in [3.05, 3.63) is 76.9 Å². The number of aliphatic hydroxyl groups is 1. The van der Waals surface area contributed by atoms with E-state index in [0.29, 0.717) is 0 Å². The maximum absolute atomic E-state index is 11.1. The zero-order valence-corrected chi connectivity index (χ0v) is 16.0. The third kappa shape index (κ3) is 3.65. The smallest absolute Gasteiger partial charge is 0.143 e. The SMILES string of the molecule is Cc1cc(C)c(C(O)c2ccc(OC(C)C)c(-n3ccnc3)c2)c(C)c1. The highest BCUT2D eigenvalue weighted by molar-refractivity contribution is 5.52. The van der Waals surface area contributed by atoms with Crippen molar-refractivity contribution in [2.75, 3.05) is 0 Å². The predicted octanol–water partition coefficient (Wildman–Crippen LogP) is 4.67. The van der Waals surface area contributed by atoms with E-state index in [2.05, 4.69) is 24.0 Å². The van der Waals surface area contributed by atoms with Crippen LogP contribution < -0.4 is 4.74 Å². The van der Waals surface area contributed by atoms with E-state index in [0.717, 1.165) is 33.7 Å². The average molecular weight is 350 g/mol. The molecule has 0 saturated heterocycles. The number of hydrogen-bond acceptors (Lipinski definition) is 3. The lowest BCUT2D eigenvalue weighted by atomic mass is 9.91. The molecule has 136 valence electrons. The number of ether oxygens (including phenoxy) is 1. The quantitative estimate of drug-likeness (QED) is 0.727. The minimum Gasteiger partial charge on any atom is -0.489 e. The van der Waals surface area contributed by atoms with E-state index in [-0.39, 0.29) is 6.10 Å². The van der Waals surface area contributed by atoms with Gasteiger partial charge in [0.1, 0.15) is 11.9 Å². The highest BCUT2D eigenvalue weighted by Crippen LogP contribution is 2.33. The number of aryl methyl sites for hydroxylation is 3. The summed E-state index contributed by atoms with van der Waals surface area (Å²) in [6.07, 6.45) is 4.72. The van der Waals surface area contributed by atoms with Gasteiger partial charge in [-0.05, 0) is 69.0 Å². The first-order chi connectivity index (χ1) is 12.4. The summed E-state index contributed by atoms with van der Waals surface area (Å²) in [5, 5.41) is 11.1. The fourth-order valence-corrected chi connectivity index (χ4v) is 3.45. The lowest BCUT2D eigenvalue weighted by molar-refractivity contribution is 0.218. The molecule has 0 aliphatic rings. The van der Waals surface area contributed by atoms with Gasteiger partial charge in [-0.2, -0.15) is 0 Å². The van der Waals surface area contributed by atoms with Crippen molar-refractivity contribution >= 4 is 0 Å². The first-order valence-corrected chi connectivity index (χ1v) is 8.91. The normalized spacial score (nSPS) is 12.4. The summed E-state index contributed by atoms with van der Waals surface area (Å²) in [7, 11) is 0. The van der Waals surface area contributed by atoms with Gasteiger partial charge < -0.3 is 14.4 Å². The number of benzene rings is 2. The molecule has 3 rings (SSSR count). The lowest BCUT2D eigenvalue weighted by Gasteiger charge is -2.21. The number of nitrogens with zero attached hydrogens (tertiary/aromatic N) is 2. The summed E-state index contributed by atoms with van der Waals surface area (Å²) in [6, 6.07) is 10.0. The number of hydrogen-bond donors (Lipinski definition) is 1. The molecule has 0 fully saturated rings. The van der Waals surface area contributed by atoms with Crippen molar-refractivity contribution in [2.45, 2.75) is 46.8 Å². The van der Waals surface area contributed by atoms with Crippen LogP contribution in [-0.2, 0) is 0 Å². The molecule has 0 aliphatic heterocycles. The molecule has 4 nitrogen and oxygen atoms in total. The van der Waals surface area contributed by atoms with Gasteiger partial charge in [-0.1, -0.05) is 23.8 Å². The summed E-state index contributed by atoms with van der Waals surface area (Å²) >= 11 is 0. The van der Waals surface area contributed by atoms with E-state index in [1.165, 1.54) is 5.56 Å². The Morgan fingerprint density at radius 2 is 1.73 bits per heavy atom. The Labute approximate surface area is 155 Å². The Bertz CT molecular complexity index is 876. The van der Waals surface area contributed by atoms with E-state index < -0.39 is 6.10 Å². The van der Waals surface area contributed by atoms with Crippen molar-refractivity contribution in [3.8, 4) is 11.4 Å². The number of aromatic nitrogens is 2. The third-order valence-electron chi connectivity index (χ3n) is 4.46. The second-order valence-electron chi connectivity index (χ2n) is 7.08. The van der Waals surface area contributed by atoms with E-state index in [1.807, 2.05) is 56.7 Å². The molecular weight excluding hydrogens is 324 g/mol. The molecule has 0 amide bonds. The zero-order valence-electron chi connectivity index (χ0n) is 16.0. The van der Waals surface area contributed by atoms with Gasteiger partial charge in [-0.15, -0.1) is 0 Å². The Kier molecular flexibility index (Phi) is 5.14. The predicted molar refractivity (Wildman–Crippen MR) is 104 cm³/mol. The maximum atomic E-state index is 11.1.